The summed E-state index contributed by atoms with van der Waals surface area (Å²) in [6.07, 6.45) is 3.47. The third-order valence-corrected chi connectivity index (χ3v) is 5.07. The smallest absolute Gasteiger partial charge is 0.343 e. The topological polar surface area (TPSA) is 61.2 Å². The zero-order chi connectivity index (χ0) is 20.0. The first kappa shape index (κ1) is 18.3. The van der Waals surface area contributed by atoms with Gasteiger partial charge in [-0.15, -0.1) is 0 Å². The monoisotopic (exact) mass is 380 g/mol. The molecule has 0 spiro atoms. The second kappa shape index (κ2) is 6.86. The second-order valence-corrected chi connectivity index (χ2v) is 7.17. The maximum Gasteiger partial charge on any atom is 0.343 e. The molecule has 0 N–H and O–H groups in total. The zero-order valence-corrected chi connectivity index (χ0v) is 16.1. The van der Waals surface area contributed by atoms with Gasteiger partial charge in [-0.3, -0.25) is 9.78 Å². The molecule has 0 aliphatic heterocycles. The van der Waals surface area contributed by atoms with E-state index < -0.39 is 17.2 Å². The molecule has 0 unspecified atom stereocenters. The van der Waals surface area contributed by atoms with Crippen molar-refractivity contribution in [2.75, 3.05) is 6.61 Å². The van der Waals surface area contributed by atoms with E-state index in [9.17, 15) is 9.59 Å². The van der Waals surface area contributed by atoms with Crippen LogP contribution in [0.15, 0.2) is 35.3 Å². The molecule has 0 radical (unpaired) electrons. The molecular weight excluding hydrogens is 359 g/mol. The van der Waals surface area contributed by atoms with Gasteiger partial charge in [0.1, 0.15) is 11.4 Å². The molecule has 6 heteroatoms. The molecule has 5 nitrogen and oxygen atoms in total. The summed E-state index contributed by atoms with van der Waals surface area (Å²) in [6, 6.07) is 6.80. The van der Waals surface area contributed by atoms with E-state index in [1.165, 1.54) is 6.07 Å². The van der Waals surface area contributed by atoms with Crippen LogP contribution in [0.25, 0.3) is 22.0 Å². The van der Waals surface area contributed by atoms with Crippen LogP contribution < -0.4 is 5.43 Å². The van der Waals surface area contributed by atoms with Crippen LogP contribution in [0.1, 0.15) is 47.6 Å². The van der Waals surface area contributed by atoms with E-state index in [-0.39, 0.29) is 23.6 Å². The van der Waals surface area contributed by atoms with Crippen LogP contribution in [-0.4, -0.2) is 22.1 Å². The molecule has 0 amide bonds. The number of nitrogens with zero attached hydrogens (tertiary/aromatic N) is 2. The highest BCUT2D eigenvalue weighted by Crippen LogP contribution is 2.38. The summed E-state index contributed by atoms with van der Waals surface area (Å²) in [6.45, 7) is 5.58. The average Bonchev–Trinajstić information content (AvgIpc) is 3.48. The largest absolute Gasteiger partial charge is 0.462 e. The molecule has 0 atom stereocenters. The highest BCUT2D eigenvalue weighted by Gasteiger charge is 2.28. The van der Waals surface area contributed by atoms with Gasteiger partial charge < -0.3 is 9.30 Å². The van der Waals surface area contributed by atoms with E-state index in [4.69, 9.17) is 4.74 Å². The van der Waals surface area contributed by atoms with Crippen molar-refractivity contribution in [1.82, 2.24) is 9.55 Å². The Kier molecular flexibility index (Phi) is 4.49. The lowest BCUT2D eigenvalue weighted by Gasteiger charge is -2.15. The lowest BCUT2D eigenvalue weighted by Crippen LogP contribution is -2.21. The van der Waals surface area contributed by atoms with Crippen molar-refractivity contribution < 1.29 is 13.9 Å². The summed E-state index contributed by atoms with van der Waals surface area (Å²) < 4.78 is 21.9. The van der Waals surface area contributed by atoms with Gasteiger partial charge in [0, 0.05) is 40.1 Å². The minimum atomic E-state index is -0.674. The van der Waals surface area contributed by atoms with Crippen molar-refractivity contribution in [3.63, 3.8) is 0 Å². The molecule has 3 aromatic rings. The molecule has 1 aromatic carbocycles. The van der Waals surface area contributed by atoms with Gasteiger partial charge in [0.15, 0.2) is 0 Å². The van der Waals surface area contributed by atoms with Crippen LogP contribution in [0.2, 0.25) is 0 Å². The summed E-state index contributed by atoms with van der Waals surface area (Å²) in [4.78, 5) is 29.5. The number of carbonyl (C=O) groups excluding carboxylic acids is 1. The maximum atomic E-state index is 15.0. The molecule has 1 saturated carbocycles. The number of benzene rings is 1. The number of hydrogen-bond donors (Lipinski definition) is 0. The lowest BCUT2D eigenvalue weighted by atomic mass is 10.00. The predicted octanol–water partition coefficient (Wildman–Crippen LogP) is 4.33. The molecule has 4 rings (SSSR count). The number of ether oxygens (including phenoxy) is 1. The van der Waals surface area contributed by atoms with Gasteiger partial charge in [-0.25, -0.2) is 9.18 Å². The van der Waals surface area contributed by atoms with E-state index in [0.29, 0.717) is 16.6 Å². The Hall–Kier alpha value is -3.02. The van der Waals surface area contributed by atoms with Crippen LogP contribution in [0.4, 0.5) is 4.39 Å². The number of rotatable bonds is 4. The molecule has 2 aromatic heterocycles. The highest BCUT2D eigenvalue weighted by atomic mass is 19.1. The Labute approximate surface area is 161 Å². The van der Waals surface area contributed by atoms with Gasteiger partial charge in [0.25, 0.3) is 0 Å². The molecule has 28 heavy (non-hydrogen) atoms. The Bertz CT molecular complexity index is 1160. The lowest BCUT2D eigenvalue weighted by molar-refractivity contribution is 0.0524. The van der Waals surface area contributed by atoms with Crippen LogP contribution in [0, 0.1) is 19.7 Å². The minimum absolute atomic E-state index is 0.0541. The predicted molar refractivity (Wildman–Crippen MR) is 105 cm³/mol. The standard InChI is InChI=1S/C22H21FN2O3/c1-4-28-22(27)18-11-25(14-6-7-14)20-10-16(19(23)9-17(20)21(18)26)15-8-5-12(2)24-13(15)3/h5,8-11,14H,4,6-7H2,1-3H3. The molecule has 1 fully saturated rings. The van der Waals surface area contributed by atoms with Crippen molar-refractivity contribution in [3.05, 3.63) is 63.5 Å². The van der Waals surface area contributed by atoms with E-state index in [1.807, 2.05) is 30.5 Å². The number of esters is 1. The highest BCUT2D eigenvalue weighted by molar-refractivity contribution is 5.95. The quantitative estimate of drug-likeness (QED) is 0.632. The number of hydrogen-bond acceptors (Lipinski definition) is 4. The summed E-state index contributed by atoms with van der Waals surface area (Å²) >= 11 is 0. The van der Waals surface area contributed by atoms with Crippen LogP contribution >= 0.6 is 0 Å². The summed E-state index contributed by atoms with van der Waals surface area (Å²) in [5.41, 5.74) is 2.73. The zero-order valence-electron chi connectivity index (χ0n) is 16.1. The Morgan fingerprint density at radius 1 is 1.25 bits per heavy atom. The van der Waals surface area contributed by atoms with E-state index in [1.54, 1.807) is 19.2 Å². The second-order valence-electron chi connectivity index (χ2n) is 7.17. The third-order valence-electron chi connectivity index (χ3n) is 5.07. The number of halogens is 1. The van der Waals surface area contributed by atoms with Gasteiger partial charge in [0.2, 0.25) is 5.43 Å². The fraction of sp³-hybridized carbons (Fsp3) is 0.318. The van der Waals surface area contributed by atoms with Crippen molar-refractivity contribution in [3.8, 4) is 11.1 Å². The summed E-state index contributed by atoms with van der Waals surface area (Å²) in [7, 11) is 0. The number of aromatic nitrogens is 2. The van der Waals surface area contributed by atoms with Crippen molar-refractivity contribution in [1.29, 1.82) is 0 Å². The van der Waals surface area contributed by atoms with Crippen molar-refractivity contribution in [2.24, 2.45) is 0 Å². The molecular formula is C22H21FN2O3. The Morgan fingerprint density at radius 3 is 2.64 bits per heavy atom. The third kappa shape index (κ3) is 3.09. The summed E-state index contributed by atoms with van der Waals surface area (Å²) in [5, 5.41) is 0.191. The fourth-order valence-electron chi connectivity index (χ4n) is 3.56. The Morgan fingerprint density at radius 2 is 2.00 bits per heavy atom. The molecule has 1 aliphatic carbocycles. The van der Waals surface area contributed by atoms with Crippen LogP contribution in [0.5, 0.6) is 0 Å². The van der Waals surface area contributed by atoms with E-state index in [2.05, 4.69) is 4.98 Å². The maximum absolute atomic E-state index is 15.0. The average molecular weight is 380 g/mol. The number of carbonyl (C=O) groups is 1. The molecule has 0 saturated heterocycles. The molecule has 2 heterocycles. The van der Waals surface area contributed by atoms with Gasteiger partial charge in [-0.05, 0) is 51.8 Å². The Balaban J connectivity index is 1.99. The van der Waals surface area contributed by atoms with Crippen LogP contribution in [-0.2, 0) is 4.74 Å². The number of fused-ring (bicyclic) bond motifs is 1. The van der Waals surface area contributed by atoms with Crippen LogP contribution in [0.3, 0.4) is 0 Å². The molecule has 0 bridgehead atoms. The van der Waals surface area contributed by atoms with Gasteiger partial charge in [-0.2, -0.15) is 0 Å². The number of pyridine rings is 2. The van der Waals surface area contributed by atoms with E-state index in [0.717, 1.165) is 24.2 Å². The molecule has 144 valence electrons. The SMILES string of the molecule is CCOC(=O)c1cn(C2CC2)c2cc(-c3ccc(C)nc3C)c(F)cc2c1=O. The van der Waals surface area contributed by atoms with E-state index >= 15 is 4.39 Å². The minimum Gasteiger partial charge on any atom is -0.462 e. The first-order chi connectivity index (χ1) is 13.4. The first-order valence-electron chi connectivity index (χ1n) is 9.40. The van der Waals surface area contributed by atoms with Crippen molar-refractivity contribution in [2.45, 2.75) is 39.7 Å². The normalized spacial score (nSPS) is 13.7. The first-order valence-corrected chi connectivity index (χ1v) is 9.40. The summed E-state index contributed by atoms with van der Waals surface area (Å²) in [5.74, 6) is -1.19. The van der Waals surface area contributed by atoms with Gasteiger partial charge in [-0.1, -0.05) is 6.07 Å². The van der Waals surface area contributed by atoms with Gasteiger partial charge in [0.05, 0.1) is 12.1 Å². The number of aryl methyl sites for hydroxylation is 2. The molecule has 1 aliphatic rings. The fourth-order valence-corrected chi connectivity index (χ4v) is 3.56. The van der Waals surface area contributed by atoms with Gasteiger partial charge >= 0.3 is 5.97 Å². The van der Waals surface area contributed by atoms with Crippen molar-refractivity contribution >= 4 is 16.9 Å².